The third-order valence-electron chi connectivity index (χ3n) is 2.35. The van der Waals surface area contributed by atoms with Crippen LogP contribution in [0, 0.1) is 5.82 Å². The molecule has 0 aromatic heterocycles. The van der Waals surface area contributed by atoms with Crippen molar-refractivity contribution in [2.24, 2.45) is 0 Å². The number of rotatable bonds is 2. The second-order valence-corrected chi connectivity index (χ2v) is 4.13. The van der Waals surface area contributed by atoms with Gasteiger partial charge in [-0.15, -0.1) is 0 Å². The third-order valence-corrected chi connectivity index (χ3v) is 2.58. The first-order chi connectivity index (χ1) is 8.56. The van der Waals surface area contributed by atoms with E-state index in [9.17, 15) is 9.18 Å². The summed E-state index contributed by atoms with van der Waals surface area (Å²) in [6.07, 6.45) is 0. The molecule has 0 fully saturated rings. The molecule has 5 heteroatoms. The Morgan fingerprint density at radius 1 is 1.22 bits per heavy atom. The summed E-state index contributed by atoms with van der Waals surface area (Å²) in [6.45, 7) is 0. The standard InChI is InChI=1S/C13H10ClFN2O/c14-9-3-1-2-8(6-9)13(18)17-12-5-4-10(15)7-11(12)16/h1-7H,16H2,(H,17,18). The van der Waals surface area contributed by atoms with Crippen LogP contribution in [0.4, 0.5) is 15.8 Å². The van der Waals surface area contributed by atoms with Gasteiger partial charge >= 0.3 is 0 Å². The molecule has 18 heavy (non-hydrogen) atoms. The van der Waals surface area contributed by atoms with Crippen molar-refractivity contribution in [1.29, 1.82) is 0 Å². The van der Waals surface area contributed by atoms with E-state index in [0.717, 1.165) is 6.07 Å². The zero-order chi connectivity index (χ0) is 13.1. The molecule has 3 N–H and O–H groups in total. The fourth-order valence-electron chi connectivity index (χ4n) is 1.47. The van der Waals surface area contributed by atoms with E-state index in [2.05, 4.69) is 5.32 Å². The molecule has 2 rings (SSSR count). The van der Waals surface area contributed by atoms with E-state index in [1.54, 1.807) is 18.2 Å². The summed E-state index contributed by atoms with van der Waals surface area (Å²) in [5.74, 6) is -0.802. The Bertz CT molecular complexity index is 601. The van der Waals surface area contributed by atoms with Crippen LogP contribution in [-0.4, -0.2) is 5.91 Å². The van der Waals surface area contributed by atoms with Crippen LogP contribution in [0.15, 0.2) is 42.5 Å². The first-order valence-corrected chi connectivity index (χ1v) is 5.56. The number of carbonyl (C=O) groups excluding carboxylic acids is 1. The lowest BCUT2D eigenvalue weighted by Gasteiger charge is -2.08. The molecule has 0 aliphatic rings. The molecule has 0 saturated carbocycles. The zero-order valence-electron chi connectivity index (χ0n) is 9.28. The average molecular weight is 265 g/mol. The van der Waals surface area contributed by atoms with Crippen LogP contribution in [0.5, 0.6) is 0 Å². The second-order valence-electron chi connectivity index (χ2n) is 3.70. The molecular formula is C13H10ClFN2O. The maximum atomic E-state index is 12.9. The van der Waals surface area contributed by atoms with Crippen LogP contribution in [0.2, 0.25) is 5.02 Å². The largest absolute Gasteiger partial charge is 0.397 e. The zero-order valence-corrected chi connectivity index (χ0v) is 10.0. The van der Waals surface area contributed by atoms with Crippen LogP contribution in [0.25, 0.3) is 0 Å². The highest BCUT2D eigenvalue weighted by molar-refractivity contribution is 6.31. The van der Waals surface area contributed by atoms with E-state index in [-0.39, 0.29) is 11.6 Å². The number of carbonyl (C=O) groups is 1. The number of anilines is 2. The highest BCUT2D eigenvalue weighted by atomic mass is 35.5. The second kappa shape index (κ2) is 5.06. The van der Waals surface area contributed by atoms with Gasteiger partial charge in [-0.1, -0.05) is 17.7 Å². The monoisotopic (exact) mass is 264 g/mol. The molecular weight excluding hydrogens is 255 g/mol. The molecule has 0 heterocycles. The van der Waals surface area contributed by atoms with Gasteiger partial charge in [0.1, 0.15) is 5.82 Å². The Hall–Kier alpha value is -2.07. The van der Waals surface area contributed by atoms with E-state index in [1.165, 1.54) is 18.2 Å². The number of amides is 1. The number of nitrogens with two attached hydrogens (primary N) is 1. The van der Waals surface area contributed by atoms with Crippen molar-refractivity contribution in [1.82, 2.24) is 0 Å². The lowest BCUT2D eigenvalue weighted by molar-refractivity contribution is 0.102. The smallest absolute Gasteiger partial charge is 0.255 e. The Morgan fingerprint density at radius 3 is 2.67 bits per heavy atom. The minimum atomic E-state index is -0.451. The third kappa shape index (κ3) is 2.78. The highest BCUT2D eigenvalue weighted by Crippen LogP contribution is 2.20. The van der Waals surface area contributed by atoms with Gasteiger partial charge < -0.3 is 11.1 Å². The van der Waals surface area contributed by atoms with Crippen LogP contribution in [0.3, 0.4) is 0 Å². The van der Waals surface area contributed by atoms with Gasteiger partial charge in [0.05, 0.1) is 11.4 Å². The van der Waals surface area contributed by atoms with Gasteiger partial charge in [-0.2, -0.15) is 0 Å². The predicted molar refractivity (Wildman–Crippen MR) is 70.2 cm³/mol. The summed E-state index contributed by atoms with van der Waals surface area (Å²) in [4.78, 5) is 11.9. The van der Waals surface area contributed by atoms with Gasteiger partial charge in [0.2, 0.25) is 0 Å². The summed E-state index contributed by atoms with van der Waals surface area (Å²) in [5.41, 5.74) is 6.54. The molecule has 0 unspecified atom stereocenters. The van der Waals surface area contributed by atoms with Gasteiger partial charge in [-0.05, 0) is 36.4 Å². The van der Waals surface area contributed by atoms with Crippen molar-refractivity contribution in [2.75, 3.05) is 11.1 Å². The fourth-order valence-corrected chi connectivity index (χ4v) is 1.66. The number of nitrogens with one attached hydrogen (secondary N) is 1. The Labute approximate surface area is 108 Å². The van der Waals surface area contributed by atoms with E-state index in [1.807, 2.05) is 0 Å². The molecule has 0 atom stereocenters. The van der Waals surface area contributed by atoms with Crippen LogP contribution in [0.1, 0.15) is 10.4 Å². The molecule has 92 valence electrons. The fraction of sp³-hybridized carbons (Fsp3) is 0. The number of nitrogen functional groups attached to an aromatic ring is 1. The van der Waals surface area contributed by atoms with Crippen molar-refractivity contribution in [3.63, 3.8) is 0 Å². The topological polar surface area (TPSA) is 55.1 Å². The molecule has 1 amide bonds. The molecule has 0 aliphatic heterocycles. The van der Waals surface area contributed by atoms with Crippen molar-refractivity contribution in [3.05, 3.63) is 58.9 Å². The molecule has 0 bridgehead atoms. The van der Waals surface area contributed by atoms with Gasteiger partial charge in [0, 0.05) is 10.6 Å². The molecule has 0 spiro atoms. The first-order valence-electron chi connectivity index (χ1n) is 5.18. The van der Waals surface area contributed by atoms with Crippen molar-refractivity contribution >= 4 is 28.9 Å². The molecule has 3 nitrogen and oxygen atoms in total. The van der Waals surface area contributed by atoms with Crippen LogP contribution in [-0.2, 0) is 0 Å². The van der Waals surface area contributed by atoms with Crippen LogP contribution >= 0.6 is 11.6 Å². The first kappa shape index (κ1) is 12.4. The minimum Gasteiger partial charge on any atom is -0.397 e. The van der Waals surface area contributed by atoms with E-state index in [4.69, 9.17) is 17.3 Å². The summed E-state index contributed by atoms with van der Waals surface area (Å²) in [7, 11) is 0. The maximum Gasteiger partial charge on any atom is 0.255 e. The van der Waals surface area contributed by atoms with Gasteiger partial charge in [-0.3, -0.25) is 4.79 Å². The Balaban J connectivity index is 2.21. The van der Waals surface area contributed by atoms with Crippen molar-refractivity contribution in [3.8, 4) is 0 Å². The van der Waals surface area contributed by atoms with Crippen molar-refractivity contribution < 1.29 is 9.18 Å². The summed E-state index contributed by atoms with van der Waals surface area (Å²) in [6, 6.07) is 10.3. The quantitative estimate of drug-likeness (QED) is 0.818. The normalized spacial score (nSPS) is 10.1. The SMILES string of the molecule is Nc1cc(F)ccc1NC(=O)c1cccc(Cl)c1. The van der Waals surface area contributed by atoms with E-state index in [0.29, 0.717) is 16.3 Å². The van der Waals surface area contributed by atoms with Crippen LogP contribution < -0.4 is 11.1 Å². The number of hydrogen-bond donors (Lipinski definition) is 2. The summed E-state index contributed by atoms with van der Waals surface area (Å²) in [5, 5.41) is 3.06. The lowest BCUT2D eigenvalue weighted by Crippen LogP contribution is -2.13. The van der Waals surface area contributed by atoms with Crippen molar-refractivity contribution in [2.45, 2.75) is 0 Å². The molecule has 2 aromatic rings. The van der Waals surface area contributed by atoms with Gasteiger partial charge in [-0.25, -0.2) is 4.39 Å². The van der Waals surface area contributed by atoms with E-state index < -0.39 is 5.82 Å². The molecule has 2 aromatic carbocycles. The Morgan fingerprint density at radius 2 is 2.00 bits per heavy atom. The predicted octanol–water partition coefficient (Wildman–Crippen LogP) is 3.31. The van der Waals surface area contributed by atoms with E-state index >= 15 is 0 Å². The summed E-state index contributed by atoms with van der Waals surface area (Å²) >= 11 is 5.79. The average Bonchev–Trinajstić information content (AvgIpc) is 2.32. The Kier molecular flexibility index (Phi) is 3.48. The van der Waals surface area contributed by atoms with Gasteiger partial charge in [0.25, 0.3) is 5.91 Å². The minimum absolute atomic E-state index is 0.172. The molecule has 0 saturated heterocycles. The summed E-state index contributed by atoms with van der Waals surface area (Å²) < 4.78 is 12.9. The number of hydrogen-bond acceptors (Lipinski definition) is 2. The highest BCUT2D eigenvalue weighted by Gasteiger charge is 2.08. The van der Waals surface area contributed by atoms with Gasteiger partial charge in [0.15, 0.2) is 0 Å². The number of halogens is 2. The molecule has 0 radical (unpaired) electrons. The number of benzene rings is 2. The molecule has 0 aliphatic carbocycles. The maximum absolute atomic E-state index is 12.9. The lowest BCUT2D eigenvalue weighted by atomic mass is 10.2.